The number of rotatable bonds is 4. The van der Waals surface area contributed by atoms with Crippen LogP contribution in [0.5, 0.6) is 0 Å². The average Bonchev–Trinajstić information content (AvgIpc) is 2.77. The fraction of sp³-hybridized carbons (Fsp3) is 0.583. The number of anilines is 1. The van der Waals surface area contributed by atoms with Gasteiger partial charge in [0.25, 0.3) is 5.91 Å². The molecule has 0 radical (unpaired) electrons. The van der Waals surface area contributed by atoms with E-state index in [1.54, 1.807) is 6.20 Å². The minimum absolute atomic E-state index is 0.226. The summed E-state index contributed by atoms with van der Waals surface area (Å²) in [6, 6.07) is 0. The molecule has 6 nitrogen and oxygen atoms in total. The van der Waals surface area contributed by atoms with Crippen LogP contribution in [0.1, 0.15) is 16.9 Å². The van der Waals surface area contributed by atoms with Crippen LogP contribution in [0.25, 0.3) is 0 Å². The van der Waals surface area contributed by atoms with Crippen molar-refractivity contribution in [2.75, 3.05) is 38.6 Å². The van der Waals surface area contributed by atoms with E-state index in [1.807, 2.05) is 0 Å². The summed E-state index contributed by atoms with van der Waals surface area (Å²) >= 11 is 0. The van der Waals surface area contributed by atoms with Crippen LogP contribution in [0, 0.1) is 5.92 Å². The van der Waals surface area contributed by atoms with Crippen molar-refractivity contribution >= 4 is 11.7 Å². The highest BCUT2D eigenvalue weighted by Gasteiger charge is 2.24. The molecule has 98 valence electrons. The normalized spacial score (nSPS) is 19.5. The van der Waals surface area contributed by atoms with Crippen molar-refractivity contribution in [3.63, 3.8) is 0 Å². The molecule has 18 heavy (non-hydrogen) atoms. The minimum Gasteiger partial charge on any atom is -0.364 e. The third-order valence-corrected chi connectivity index (χ3v) is 3.11. The zero-order chi connectivity index (χ0) is 13.1. The topological polar surface area (TPSA) is 75.3 Å². The largest absolute Gasteiger partial charge is 0.364 e. The van der Waals surface area contributed by atoms with Crippen molar-refractivity contribution in [2.24, 2.45) is 11.7 Å². The zero-order valence-corrected chi connectivity index (χ0v) is 10.8. The molecule has 0 saturated carbocycles. The molecular weight excluding hydrogens is 230 g/mol. The third-order valence-electron chi connectivity index (χ3n) is 3.11. The van der Waals surface area contributed by atoms with Crippen LogP contribution in [-0.2, 0) is 0 Å². The number of hydrogen-bond donors (Lipinski definition) is 1. The molecule has 1 aromatic heterocycles. The van der Waals surface area contributed by atoms with E-state index in [2.05, 4.69) is 33.9 Å². The molecule has 1 unspecified atom stereocenters. The van der Waals surface area contributed by atoms with Gasteiger partial charge in [-0.15, -0.1) is 0 Å². The Hall–Kier alpha value is -1.69. The second kappa shape index (κ2) is 5.30. The van der Waals surface area contributed by atoms with Gasteiger partial charge in [0, 0.05) is 19.6 Å². The molecular formula is C12H19N5O. The first kappa shape index (κ1) is 12.8. The molecule has 1 aromatic rings. The van der Waals surface area contributed by atoms with Crippen LogP contribution in [0.4, 0.5) is 5.82 Å². The number of nitrogens with zero attached hydrogens (tertiary/aromatic N) is 4. The molecule has 0 spiro atoms. The first-order chi connectivity index (χ1) is 8.56. The quantitative estimate of drug-likeness (QED) is 0.810. The maximum Gasteiger partial charge on any atom is 0.268 e. The van der Waals surface area contributed by atoms with Crippen molar-refractivity contribution in [1.82, 2.24) is 14.9 Å². The predicted octanol–water partition coefficient (Wildman–Crippen LogP) is -0.0366. The number of carbonyl (C=O) groups is 1. The van der Waals surface area contributed by atoms with Crippen molar-refractivity contribution in [2.45, 2.75) is 6.42 Å². The number of aromatic nitrogens is 2. The van der Waals surface area contributed by atoms with Gasteiger partial charge in [0.1, 0.15) is 11.5 Å². The Morgan fingerprint density at radius 3 is 3.00 bits per heavy atom. The number of carbonyl (C=O) groups excluding carboxylic acids is 1. The average molecular weight is 249 g/mol. The Kier molecular flexibility index (Phi) is 3.76. The van der Waals surface area contributed by atoms with E-state index in [4.69, 9.17) is 5.73 Å². The van der Waals surface area contributed by atoms with Crippen molar-refractivity contribution < 1.29 is 4.79 Å². The predicted molar refractivity (Wildman–Crippen MR) is 69.4 cm³/mol. The Bertz CT molecular complexity index is 434. The lowest BCUT2D eigenvalue weighted by Crippen LogP contribution is -2.26. The molecule has 1 saturated heterocycles. The Morgan fingerprint density at radius 2 is 2.33 bits per heavy atom. The van der Waals surface area contributed by atoms with E-state index in [-0.39, 0.29) is 5.69 Å². The van der Waals surface area contributed by atoms with Crippen LogP contribution >= 0.6 is 0 Å². The van der Waals surface area contributed by atoms with Gasteiger partial charge in [0.2, 0.25) is 0 Å². The lowest BCUT2D eigenvalue weighted by molar-refractivity contribution is 0.0995. The molecule has 0 aromatic carbocycles. The monoisotopic (exact) mass is 249 g/mol. The highest BCUT2D eigenvalue weighted by Crippen LogP contribution is 2.21. The van der Waals surface area contributed by atoms with Gasteiger partial charge < -0.3 is 15.5 Å². The van der Waals surface area contributed by atoms with Gasteiger partial charge in [0.15, 0.2) is 0 Å². The fourth-order valence-corrected chi connectivity index (χ4v) is 2.33. The van der Waals surface area contributed by atoms with Crippen LogP contribution in [0.2, 0.25) is 0 Å². The van der Waals surface area contributed by atoms with Crippen molar-refractivity contribution in [3.8, 4) is 0 Å². The number of amides is 1. The molecule has 6 heteroatoms. The Balaban J connectivity index is 2.05. The minimum atomic E-state index is -0.534. The summed E-state index contributed by atoms with van der Waals surface area (Å²) in [7, 11) is 4.16. The third kappa shape index (κ3) is 2.95. The summed E-state index contributed by atoms with van der Waals surface area (Å²) in [5, 5.41) is 0. The maximum absolute atomic E-state index is 11.1. The summed E-state index contributed by atoms with van der Waals surface area (Å²) in [5.74, 6) is 0.847. The zero-order valence-electron chi connectivity index (χ0n) is 10.8. The van der Waals surface area contributed by atoms with E-state index in [0.29, 0.717) is 5.92 Å². The van der Waals surface area contributed by atoms with Gasteiger partial charge in [-0.25, -0.2) is 4.98 Å². The molecule has 1 amide bonds. The number of hydrogen-bond acceptors (Lipinski definition) is 5. The summed E-state index contributed by atoms with van der Waals surface area (Å²) < 4.78 is 0. The first-order valence-corrected chi connectivity index (χ1v) is 6.08. The van der Waals surface area contributed by atoms with Crippen LogP contribution in [-0.4, -0.2) is 54.5 Å². The van der Waals surface area contributed by atoms with Crippen LogP contribution in [0.15, 0.2) is 12.4 Å². The summed E-state index contributed by atoms with van der Waals surface area (Å²) in [4.78, 5) is 23.7. The highest BCUT2D eigenvalue weighted by atomic mass is 16.1. The molecule has 2 N–H and O–H groups in total. The molecule has 2 heterocycles. The van der Waals surface area contributed by atoms with Gasteiger partial charge in [-0.05, 0) is 26.4 Å². The van der Waals surface area contributed by atoms with E-state index < -0.39 is 5.91 Å². The fourth-order valence-electron chi connectivity index (χ4n) is 2.33. The SMILES string of the molecule is CN(C)CC1CCN(c2cncc(C(N)=O)n2)C1. The van der Waals surface area contributed by atoms with E-state index in [9.17, 15) is 4.79 Å². The molecule has 1 aliphatic heterocycles. The molecule has 0 bridgehead atoms. The molecule has 1 fully saturated rings. The van der Waals surface area contributed by atoms with Crippen molar-refractivity contribution in [1.29, 1.82) is 0 Å². The lowest BCUT2D eigenvalue weighted by Gasteiger charge is -2.19. The molecule has 2 rings (SSSR count). The van der Waals surface area contributed by atoms with Crippen LogP contribution < -0.4 is 10.6 Å². The number of primary amides is 1. The van der Waals surface area contributed by atoms with Gasteiger partial charge in [-0.2, -0.15) is 0 Å². The molecule has 1 atom stereocenters. The van der Waals surface area contributed by atoms with E-state index >= 15 is 0 Å². The van der Waals surface area contributed by atoms with Gasteiger partial charge in [-0.1, -0.05) is 0 Å². The van der Waals surface area contributed by atoms with Gasteiger partial charge in [-0.3, -0.25) is 9.78 Å². The number of nitrogens with two attached hydrogens (primary N) is 1. The van der Waals surface area contributed by atoms with Crippen molar-refractivity contribution in [3.05, 3.63) is 18.1 Å². The first-order valence-electron chi connectivity index (χ1n) is 6.08. The molecule has 1 aliphatic rings. The summed E-state index contributed by atoms with van der Waals surface area (Å²) in [6.45, 7) is 2.98. The standard InChI is InChI=1S/C12H19N5O/c1-16(2)7-9-3-4-17(8-9)11-6-14-5-10(15-11)12(13)18/h5-6,9H,3-4,7-8H2,1-2H3,(H2,13,18). The smallest absolute Gasteiger partial charge is 0.268 e. The van der Waals surface area contributed by atoms with Gasteiger partial charge in [0.05, 0.1) is 12.4 Å². The summed E-state index contributed by atoms with van der Waals surface area (Å²) in [6.07, 6.45) is 4.23. The van der Waals surface area contributed by atoms with Crippen LogP contribution in [0.3, 0.4) is 0 Å². The summed E-state index contributed by atoms with van der Waals surface area (Å²) in [5.41, 5.74) is 5.43. The Labute approximate surface area is 107 Å². The molecule has 0 aliphatic carbocycles. The van der Waals surface area contributed by atoms with Gasteiger partial charge >= 0.3 is 0 Å². The van der Waals surface area contributed by atoms with E-state index in [0.717, 1.165) is 31.9 Å². The second-order valence-electron chi connectivity index (χ2n) is 4.99. The highest BCUT2D eigenvalue weighted by molar-refractivity contribution is 5.90. The lowest BCUT2D eigenvalue weighted by atomic mass is 10.1. The Morgan fingerprint density at radius 1 is 1.56 bits per heavy atom. The second-order valence-corrected chi connectivity index (χ2v) is 4.99. The maximum atomic E-state index is 11.1. The van der Waals surface area contributed by atoms with E-state index in [1.165, 1.54) is 6.20 Å².